The maximum absolute atomic E-state index is 12.6. The topological polar surface area (TPSA) is 34.9 Å². The van der Waals surface area contributed by atoms with Gasteiger partial charge in [0, 0.05) is 10.7 Å². The molecule has 2 rings (SSSR count). The van der Waals surface area contributed by atoms with E-state index in [0.717, 1.165) is 12.1 Å². The van der Waals surface area contributed by atoms with Crippen LogP contribution in [0.2, 0.25) is 0 Å². The molecule has 1 aromatic heterocycles. The van der Waals surface area contributed by atoms with Crippen LogP contribution in [0.1, 0.15) is 15.9 Å². The third-order valence-electron chi connectivity index (χ3n) is 2.26. The monoisotopic (exact) mass is 318 g/mol. The molecule has 0 unspecified atom stereocenters. The number of carbonyl (C=O) groups excluding carboxylic acids is 1. The van der Waals surface area contributed by atoms with Gasteiger partial charge in [0.2, 0.25) is 0 Å². The summed E-state index contributed by atoms with van der Waals surface area (Å²) >= 11 is 3.15. The Bertz CT molecular complexity index is 592. The molecule has 18 heavy (non-hydrogen) atoms. The number of nitrogens with zero attached hydrogens (tertiary/aromatic N) is 2. The Morgan fingerprint density at radius 2 is 2.06 bits per heavy atom. The van der Waals surface area contributed by atoms with Crippen LogP contribution in [0.5, 0.6) is 0 Å². The first-order valence-corrected chi connectivity index (χ1v) is 5.58. The van der Waals surface area contributed by atoms with Gasteiger partial charge in [-0.15, -0.1) is 0 Å². The van der Waals surface area contributed by atoms with Crippen molar-refractivity contribution in [3.8, 4) is 5.69 Å². The summed E-state index contributed by atoms with van der Waals surface area (Å²) in [5.74, 6) is 0. The summed E-state index contributed by atoms with van der Waals surface area (Å²) in [7, 11) is 0. The third kappa shape index (κ3) is 2.45. The summed E-state index contributed by atoms with van der Waals surface area (Å²) in [4.78, 5) is 10.5. The number of hydrogen-bond acceptors (Lipinski definition) is 2. The van der Waals surface area contributed by atoms with Crippen molar-refractivity contribution in [3.05, 3.63) is 46.2 Å². The van der Waals surface area contributed by atoms with Gasteiger partial charge in [-0.3, -0.25) is 4.79 Å². The summed E-state index contributed by atoms with van der Waals surface area (Å²) in [6, 6.07) is 3.23. The molecule has 2 aromatic rings. The van der Waals surface area contributed by atoms with Crippen molar-refractivity contribution in [2.75, 3.05) is 0 Å². The number of aromatic nitrogens is 2. The number of benzene rings is 1. The van der Waals surface area contributed by atoms with Gasteiger partial charge in [0.05, 0.1) is 23.0 Å². The van der Waals surface area contributed by atoms with Crippen molar-refractivity contribution in [3.63, 3.8) is 0 Å². The quantitative estimate of drug-likeness (QED) is 0.795. The molecule has 0 spiro atoms. The fraction of sp³-hybridized carbons (Fsp3) is 0.0909. The number of alkyl halides is 3. The van der Waals surface area contributed by atoms with Crippen LogP contribution in [0.15, 0.2) is 35.1 Å². The zero-order valence-corrected chi connectivity index (χ0v) is 10.4. The fourth-order valence-electron chi connectivity index (χ4n) is 1.39. The van der Waals surface area contributed by atoms with E-state index in [4.69, 9.17) is 0 Å². The Hall–Kier alpha value is -1.63. The van der Waals surface area contributed by atoms with E-state index in [1.807, 2.05) is 0 Å². The van der Waals surface area contributed by atoms with Gasteiger partial charge in [-0.25, -0.2) is 4.68 Å². The molecule has 0 N–H and O–H groups in total. The Balaban J connectivity index is 2.52. The number of rotatable bonds is 2. The van der Waals surface area contributed by atoms with Crippen LogP contribution in [0, 0.1) is 0 Å². The van der Waals surface area contributed by atoms with E-state index in [-0.39, 0.29) is 5.69 Å². The lowest BCUT2D eigenvalue weighted by atomic mass is 10.2. The van der Waals surface area contributed by atoms with Gasteiger partial charge >= 0.3 is 6.18 Å². The van der Waals surface area contributed by atoms with Gasteiger partial charge in [-0.1, -0.05) is 0 Å². The minimum absolute atomic E-state index is 0.220. The maximum Gasteiger partial charge on any atom is 0.416 e. The molecule has 1 heterocycles. The molecule has 1 aromatic carbocycles. The van der Waals surface area contributed by atoms with Gasteiger partial charge in [0.1, 0.15) is 0 Å². The first-order valence-electron chi connectivity index (χ1n) is 4.79. The van der Waals surface area contributed by atoms with Gasteiger partial charge in [0.15, 0.2) is 6.29 Å². The number of carbonyl (C=O) groups is 1. The standard InChI is InChI=1S/C11H6BrF3N2O/c12-9-2-1-8(11(13,14)15)3-10(9)17-5-7(6-18)4-16-17/h1-6H. The smallest absolute Gasteiger partial charge is 0.298 e. The van der Waals surface area contributed by atoms with Crippen LogP contribution in [0.4, 0.5) is 13.2 Å². The fourth-order valence-corrected chi connectivity index (χ4v) is 1.82. The molecular weight excluding hydrogens is 313 g/mol. The summed E-state index contributed by atoms with van der Waals surface area (Å²) in [5, 5.41) is 3.83. The zero-order valence-electron chi connectivity index (χ0n) is 8.78. The van der Waals surface area contributed by atoms with Gasteiger partial charge in [0.25, 0.3) is 0 Å². The van der Waals surface area contributed by atoms with Crippen LogP contribution in [-0.4, -0.2) is 16.1 Å². The first-order chi connectivity index (χ1) is 8.41. The second-order valence-corrected chi connectivity index (χ2v) is 4.35. The number of aldehydes is 1. The van der Waals surface area contributed by atoms with Crippen molar-refractivity contribution in [1.82, 2.24) is 9.78 Å². The van der Waals surface area contributed by atoms with Crippen molar-refractivity contribution in [1.29, 1.82) is 0 Å². The van der Waals surface area contributed by atoms with Gasteiger partial charge < -0.3 is 0 Å². The highest BCUT2D eigenvalue weighted by molar-refractivity contribution is 9.10. The zero-order chi connectivity index (χ0) is 13.3. The minimum Gasteiger partial charge on any atom is -0.298 e. The van der Waals surface area contributed by atoms with E-state index in [1.54, 1.807) is 0 Å². The second kappa shape index (κ2) is 4.56. The Kier molecular flexibility index (Phi) is 3.25. The highest BCUT2D eigenvalue weighted by Gasteiger charge is 2.31. The average molecular weight is 319 g/mol. The van der Waals surface area contributed by atoms with E-state index >= 15 is 0 Å². The Labute approximate surface area is 108 Å². The predicted octanol–water partition coefficient (Wildman–Crippen LogP) is 3.47. The van der Waals surface area contributed by atoms with Crippen LogP contribution in [0.3, 0.4) is 0 Å². The lowest BCUT2D eigenvalue weighted by molar-refractivity contribution is -0.137. The third-order valence-corrected chi connectivity index (χ3v) is 2.93. The van der Waals surface area contributed by atoms with Gasteiger partial charge in [-0.05, 0) is 34.1 Å². The molecule has 0 aliphatic carbocycles. The molecule has 0 amide bonds. The molecule has 0 aliphatic heterocycles. The highest BCUT2D eigenvalue weighted by atomic mass is 79.9. The van der Waals surface area contributed by atoms with E-state index in [0.29, 0.717) is 16.3 Å². The molecule has 0 saturated heterocycles. The van der Waals surface area contributed by atoms with E-state index < -0.39 is 11.7 Å². The van der Waals surface area contributed by atoms with Crippen molar-refractivity contribution < 1.29 is 18.0 Å². The second-order valence-electron chi connectivity index (χ2n) is 3.50. The Morgan fingerprint density at radius 1 is 1.33 bits per heavy atom. The molecule has 7 heteroatoms. The molecule has 3 nitrogen and oxygen atoms in total. The largest absolute Gasteiger partial charge is 0.416 e. The molecule has 0 bridgehead atoms. The summed E-state index contributed by atoms with van der Waals surface area (Å²) in [6.07, 6.45) is -1.21. The van der Waals surface area contributed by atoms with E-state index in [1.165, 1.54) is 23.1 Å². The summed E-state index contributed by atoms with van der Waals surface area (Å²) < 4.78 is 39.4. The normalized spacial score (nSPS) is 11.6. The molecule has 0 saturated carbocycles. The minimum atomic E-state index is -4.42. The van der Waals surface area contributed by atoms with Crippen molar-refractivity contribution in [2.24, 2.45) is 0 Å². The number of hydrogen-bond donors (Lipinski definition) is 0. The number of halogens is 4. The van der Waals surface area contributed by atoms with E-state index in [2.05, 4.69) is 21.0 Å². The lowest BCUT2D eigenvalue weighted by Gasteiger charge is -2.10. The summed E-state index contributed by atoms with van der Waals surface area (Å²) in [6.45, 7) is 0. The first kappa shape index (κ1) is 12.8. The molecule has 0 aliphatic rings. The molecular formula is C11H6BrF3N2O. The highest BCUT2D eigenvalue weighted by Crippen LogP contribution is 2.33. The van der Waals surface area contributed by atoms with Crippen LogP contribution >= 0.6 is 15.9 Å². The van der Waals surface area contributed by atoms with Crippen molar-refractivity contribution >= 4 is 22.2 Å². The molecule has 0 atom stereocenters. The average Bonchev–Trinajstić information content (AvgIpc) is 2.76. The van der Waals surface area contributed by atoms with Crippen LogP contribution < -0.4 is 0 Å². The molecule has 94 valence electrons. The van der Waals surface area contributed by atoms with Crippen molar-refractivity contribution in [2.45, 2.75) is 6.18 Å². The van der Waals surface area contributed by atoms with Gasteiger partial charge in [-0.2, -0.15) is 18.3 Å². The van der Waals surface area contributed by atoms with Crippen LogP contribution in [-0.2, 0) is 6.18 Å². The molecule has 0 radical (unpaired) electrons. The summed E-state index contributed by atoms with van der Waals surface area (Å²) in [5.41, 5.74) is -0.263. The Morgan fingerprint density at radius 3 is 2.61 bits per heavy atom. The van der Waals surface area contributed by atoms with E-state index in [9.17, 15) is 18.0 Å². The predicted molar refractivity (Wildman–Crippen MR) is 61.7 cm³/mol. The maximum atomic E-state index is 12.6. The lowest BCUT2D eigenvalue weighted by Crippen LogP contribution is -2.06. The SMILES string of the molecule is O=Cc1cnn(-c2cc(C(F)(F)F)ccc2Br)c1. The van der Waals surface area contributed by atoms with Crippen LogP contribution in [0.25, 0.3) is 5.69 Å². The molecule has 0 fully saturated rings.